The Morgan fingerprint density at radius 3 is 2.60 bits per heavy atom. The fourth-order valence-corrected chi connectivity index (χ4v) is 2.97. The Bertz CT molecular complexity index is 377. The van der Waals surface area contributed by atoms with Crippen LogP contribution in [0.15, 0.2) is 6.07 Å². The van der Waals surface area contributed by atoms with Crippen molar-refractivity contribution >= 4 is 17.3 Å². The molecule has 2 nitrogen and oxygen atoms in total. The molecule has 1 saturated carbocycles. The molecule has 2 rings (SSSR count). The molecule has 0 aliphatic heterocycles. The molecule has 0 N–H and O–H groups in total. The SMILES string of the molecule is Cc1cc(C(=O)C(C)(C)C2CCC2)sn1. The molecule has 1 aromatic rings. The van der Waals surface area contributed by atoms with Crippen molar-refractivity contribution < 1.29 is 4.79 Å². The van der Waals surface area contributed by atoms with E-state index in [-0.39, 0.29) is 11.2 Å². The lowest BCUT2D eigenvalue weighted by Gasteiger charge is -2.38. The minimum absolute atomic E-state index is 0.197. The number of carbonyl (C=O) groups is 1. The Hall–Kier alpha value is -0.700. The summed E-state index contributed by atoms with van der Waals surface area (Å²) in [7, 11) is 0. The molecule has 1 heterocycles. The quantitative estimate of drug-likeness (QED) is 0.734. The molecule has 15 heavy (non-hydrogen) atoms. The average molecular weight is 223 g/mol. The van der Waals surface area contributed by atoms with Gasteiger partial charge in [0, 0.05) is 5.41 Å². The number of nitrogens with zero attached hydrogens (tertiary/aromatic N) is 1. The van der Waals surface area contributed by atoms with Crippen LogP contribution in [0.5, 0.6) is 0 Å². The third-order valence-electron chi connectivity index (χ3n) is 3.56. The van der Waals surface area contributed by atoms with Gasteiger partial charge in [-0.3, -0.25) is 4.79 Å². The topological polar surface area (TPSA) is 30.0 Å². The first kappa shape index (κ1) is 10.8. The molecule has 1 aliphatic carbocycles. The lowest BCUT2D eigenvalue weighted by Crippen LogP contribution is -2.36. The second-order valence-electron chi connectivity index (χ2n) is 5.01. The molecule has 0 aromatic carbocycles. The first-order chi connectivity index (χ1) is 7.01. The summed E-state index contributed by atoms with van der Waals surface area (Å²) in [6.07, 6.45) is 3.69. The van der Waals surface area contributed by atoms with Gasteiger partial charge in [-0.25, -0.2) is 0 Å². The lowest BCUT2D eigenvalue weighted by molar-refractivity contribution is 0.0626. The van der Waals surface area contributed by atoms with E-state index in [0.29, 0.717) is 5.92 Å². The number of hydrogen-bond acceptors (Lipinski definition) is 3. The predicted molar refractivity (Wildman–Crippen MR) is 62.3 cm³/mol. The smallest absolute Gasteiger partial charge is 0.180 e. The second-order valence-corrected chi connectivity index (χ2v) is 5.82. The zero-order valence-corrected chi connectivity index (χ0v) is 10.4. The van der Waals surface area contributed by atoms with Crippen LogP contribution in [0.3, 0.4) is 0 Å². The third kappa shape index (κ3) is 1.85. The Balaban J connectivity index is 2.19. The Morgan fingerprint density at radius 2 is 2.20 bits per heavy atom. The fourth-order valence-electron chi connectivity index (χ4n) is 2.10. The summed E-state index contributed by atoms with van der Waals surface area (Å²) in [6, 6.07) is 1.91. The van der Waals surface area contributed by atoms with Crippen molar-refractivity contribution in [3.05, 3.63) is 16.6 Å². The normalized spacial score (nSPS) is 17.5. The number of hydrogen-bond donors (Lipinski definition) is 0. The molecule has 1 aliphatic rings. The van der Waals surface area contributed by atoms with Gasteiger partial charge in [0.05, 0.1) is 10.6 Å². The van der Waals surface area contributed by atoms with E-state index < -0.39 is 0 Å². The minimum Gasteiger partial charge on any atom is -0.293 e. The summed E-state index contributed by atoms with van der Waals surface area (Å²) in [5.74, 6) is 0.852. The van der Waals surface area contributed by atoms with Crippen LogP contribution >= 0.6 is 11.5 Å². The van der Waals surface area contributed by atoms with Crippen molar-refractivity contribution in [2.45, 2.75) is 40.0 Å². The first-order valence-electron chi connectivity index (χ1n) is 5.50. The molecule has 3 heteroatoms. The van der Waals surface area contributed by atoms with Gasteiger partial charge in [-0.2, -0.15) is 4.37 Å². The molecule has 0 atom stereocenters. The van der Waals surface area contributed by atoms with E-state index in [0.717, 1.165) is 10.6 Å². The number of ketones is 1. The number of aryl methyl sites for hydroxylation is 1. The zero-order valence-electron chi connectivity index (χ0n) is 9.54. The number of Topliss-reactive ketones (excluding diaryl/α,β-unsaturated/α-hetero) is 1. The van der Waals surface area contributed by atoms with Crippen molar-refractivity contribution in [3.8, 4) is 0 Å². The largest absolute Gasteiger partial charge is 0.293 e. The molecule has 0 amide bonds. The van der Waals surface area contributed by atoms with Crippen molar-refractivity contribution in [1.29, 1.82) is 0 Å². The van der Waals surface area contributed by atoms with Crippen molar-refractivity contribution in [2.24, 2.45) is 11.3 Å². The van der Waals surface area contributed by atoms with Crippen molar-refractivity contribution in [1.82, 2.24) is 4.37 Å². The van der Waals surface area contributed by atoms with E-state index in [1.807, 2.05) is 13.0 Å². The Morgan fingerprint density at radius 1 is 1.53 bits per heavy atom. The van der Waals surface area contributed by atoms with Gasteiger partial charge in [-0.05, 0) is 43.3 Å². The molecule has 1 aromatic heterocycles. The van der Waals surface area contributed by atoms with Crippen LogP contribution in [0.25, 0.3) is 0 Å². The molecule has 0 unspecified atom stereocenters. The molecular weight excluding hydrogens is 206 g/mol. The van der Waals surface area contributed by atoms with E-state index in [4.69, 9.17) is 0 Å². The summed E-state index contributed by atoms with van der Waals surface area (Å²) in [6.45, 7) is 6.09. The minimum atomic E-state index is -0.197. The maximum absolute atomic E-state index is 12.3. The number of aromatic nitrogens is 1. The van der Waals surface area contributed by atoms with Crippen LogP contribution in [-0.2, 0) is 0 Å². The van der Waals surface area contributed by atoms with Crippen LogP contribution in [0, 0.1) is 18.3 Å². The number of carbonyl (C=O) groups excluding carboxylic acids is 1. The van der Waals surface area contributed by atoms with Crippen LogP contribution in [-0.4, -0.2) is 10.2 Å². The van der Waals surface area contributed by atoms with Gasteiger partial charge in [-0.15, -0.1) is 0 Å². The van der Waals surface area contributed by atoms with Crippen molar-refractivity contribution in [2.75, 3.05) is 0 Å². The maximum atomic E-state index is 12.3. The summed E-state index contributed by atoms with van der Waals surface area (Å²) >= 11 is 1.34. The number of rotatable bonds is 3. The summed E-state index contributed by atoms with van der Waals surface area (Å²) in [5, 5.41) is 0. The van der Waals surface area contributed by atoms with E-state index in [1.54, 1.807) is 0 Å². The van der Waals surface area contributed by atoms with Crippen molar-refractivity contribution in [3.63, 3.8) is 0 Å². The Labute approximate surface area is 94.9 Å². The van der Waals surface area contributed by atoms with Crippen LogP contribution in [0.1, 0.15) is 48.5 Å². The predicted octanol–water partition coefficient (Wildman–Crippen LogP) is 3.46. The Kier molecular flexibility index (Phi) is 2.67. The lowest BCUT2D eigenvalue weighted by atomic mass is 9.65. The molecule has 0 radical (unpaired) electrons. The monoisotopic (exact) mass is 223 g/mol. The first-order valence-corrected chi connectivity index (χ1v) is 6.27. The molecular formula is C12H17NOS. The van der Waals surface area contributed by atoms with Gasteiger partial charge in [0.25, 0.3) is 0 Å². The van der Waals surface area contributed by atoms with Gasteiger partial charge in [0.15, 0.2) is 5.78 Å². The summed E-state index contributed by atoms with van der Waals surface area (Å²) in [5.41, 5.74) is 0.754. The van der Waals surface area contributed by atoms with Gasteiger partial charge in [0.2, 0.25) is 0 Å². The fraction of sp³-hybridized carbons (Fsp3) is 0.667. The van der Waals surface area contributed by atoms with Gasteiger partial charge in [-0.1, -0.05) is 20.3 Å². The van der Waals surface area contributed by atoms with E-state index in [1.165, 1.54) is 30.8 Å². The highest BCUT2D eigenvalue weighted by molar-refractivity contribution is 7.08. The molecule has 0 saturated heterocycles. The third-order valence-corrected chi connectivity index (χ3v) is 4.44. The van der Waals surface area contributed by atoms with Gasteiger partial charge in [0.1, 0.15) is 0 Å². The van der Waals surface area contributed by atoms with Crippen LogP contribution in [0.4, 0.5) is 0 Å². The molecule has 1 fully saturated rings. The van der Waals surface area contributed by atoms with Gasteiger partial charge >= 0.3 is 0 Å². The second kappa shape index (κ2) is 3.71. The van der Waals surface area contributed by atoms with Gasteiger partial charge < -0.3 is 0 Å². The van der Waals surface area contributed by atoms with Crippen LogP contribution < -0.4 is 0 Å². The van der Waals surface area contributed by atoms with E-state index in [2.05, 4.69) is 18.2 Å². The standard InChI is InChI=1S/C12H17NOS/c1-8-7-10(15-13-8)11(14)12(2,3)9-5-4-6-9/h7,9H,4-6H2,1-3H3. The summed E-state index contributed by atoms with van der Waals surface area (Å²) < 4.78 is 4.18. The highest BCUT2D eigenvalue weighted by Crippen LogP contribution is 2.43. The maximum Gasteiger partial charge on any atom is 0.180 e. The highest BCUT2D eigenvalue weighted by Gasteiger charge is 2.40. The molecule has 0 spiro atoms. The van der Waals surface area contributed by atoms with Crippen LogP contribution in [0.2, 0.25) is 0 Å². The highest BCUT2D eigenvalue weighted by atomic mass is 32.1. The zero-order chi connectivity index (χ0) is 11.1. The molecule has 82 valence electrons. The van der Waals surface area contributed by atoms with E-state index in [9.17, 15) is 4.79 Å². The summed E-state index contributed by atoms with van der Waals surface area (Å²) in [4.78, 5) is 13.1. The average Bonchev–Trinajstić information content (AvgIpc) is 2.46. The molecule has 0 bridgehead atoms. The van der Waals surface area contributed by atoms with E-state index >= 15 is 0 Å².